The minimum Gasteiger partial charge on any atom is -0.316 e. The van der Waals surface area contributed by atoms with Gasteiger partial charge in [-0.05, 0) is 24.8 Å². The van der Waals surface area contributed by atoms with E-state index in [9.17, 15) is 0 Å². The molecule has 44 valence electrons. The summed E-state index contributed by atoms with van der Waals surface area (Å²) < 4.78 is 0. The van der Waals surface area contributed by atoms with E-state index < -0.39 is 0 Å². The van der Waals surface area contributed by atoms with Crippen LogP contribution in [0.4, 0.5) is 0 Å². The largest absolute Gasteiger partial charge is 0.316 e. The zero-order chi connectivity index (χ0) is 5.40. The third-order valence-corrected chi connectivity index (χ3v) is 2.21. The van der Waals surface area contributed by atoms with Gasteiger partial charge in [-0.1, -0.05) is 12.2 Å². The molecule has 1 aliphatic carbocycles. The van der Waals surface area contributed by atoms with Crippen molar-refractivity contribution in [3.05, 3.63) is 12.2 Å². The molecular formula is C7H11N. The van der Waals surface area contributed by atoms with Crippen molar-refractivity contribution in [2.45, 2.75) is 6.42 Å². The fraction of sp³-hybridized carbons (Fsp3) is 0.714. The van der Waals surface area contributed by atoms with Crippen LogP contribution in [-0.2, 0) is 0 Å². The number of nitrogens with one attached hydrogen (secondary N) is 1. The summed E-state index contributed by atoms with van der Waals surface area (Å²) in [4.78, 5) is 0. The Balaban J connectivity index is 2.13. The smallest absolute Gasteiger partial charge is 0.00175 e. The lowest BCUT2D eigenvalue weighted by Crippen LogP contribution is -2.08. The van der Waals surface area contributed by atoms with Crippen LogP contribution in [0.15, 0.2) is 12.2 Å². The molecule has 0 aromatic heterocycles. The number of allylic oxidation sites excluding steroid dienone is 1. The molecule has 1 heteroatoms. The van der Waals surface area contributed by atoms with Crippen molar-refractivity contribution in [1.29, 1.82) is 0 Å². The average Bonchev–Trinajstić information content (AvgIpc) is 2.15. The molecular weight excluding hydrogens is 98.1 g/mol. The van der Waals surface area contributed by atoms with Gasteiger partial charge in [0.25, 0.3) is 0 Å². The zero-order valence-electron chi connectivity index (χ0n) is 4.93. The molecule has 1 N–H and O–H groups in total. The molecule has 1 fully saturated rings. The Morgan fingerprint density at radius 2 is 2.38 bits per heavy atom. The maximum Gasteiger partial charge on any atom is 0.00175 e. The molecule has 8 heavy (non-hydrogen) atoms. The monoisotopic (exact) mass is 109 g/mol. The maximum atomic E-state index is 3.37. The van der Waals surface area contributed by atoms with Gasteiger partial charge < -0.3 is 5.32 Å². The fourth-order valence-corrected chi connectivity index (χ4v) is 1.66. The molecule has 1 saturated heterocycles. The highest BCUT2D eigenvalue weighted by atomic mass is 14.9. The van der Waals surface area contributed by atoms with Crippen LogP contribution >= 0.6 is 0 Å². The van der Waals surface area contributed by atoms with E-state index in [-0.39, 0.29) is 0 Å². The molecule has 1 nitrogen and oxygen atoms in total. The zero-order valence-corrected chi connectivity index (χ0v) is 4.93. The first-order chi connectivity index (χ1) is 3.97. The molecule has 2 atom stereocenters. The Morgan fingerprint density at radius 1 is 1.38 bits per heavy atom. The van der Waals surface area contributed by atoms with Gasteiger partial charge >= 0.3 is 0 Å². The number of rotatable bonds is 0. The molecule has 0 amide bonds. The van der Waals surface area contributed by atoms with E-state index in [0.29, 0.717) is 0 Å². The third kappa shape index (κ3) is 0.511. The van der Waals surface area contributed by atoms with Gasteiger partial charge in [0.2, 0.25) is 0 Å². The van der Waals surface area contributed by atoms with Crippen molar-refractivity contribution in [2.24, 2.45) is 11.8 Å². The molecule has 2 rings (SSSR count). The van der Waals surface area contributed by atoms with E-state index in [2.05, 4.69) is 17.5 Å². The number of hydrogen-bond donors (Lipinski definition) is 1. The summed E-state index contributed by atoms with van der Waals surface area (Å²) in [5.74, 6) is 1.84. The predicted molar refractivity (Wildman–Crippen MR) is 33.6 cm³/mol. The fourth-order valence-electron chi connectivity index (χ4n) is 1.66. The second-order valence-corrected chi connectivity index (χ2v) is 2.75. The van der Waals surface area contributed by atoms with Crippen LogP contribution in [0.25, 0.3) is 0 Å². The normalized spacial score (nSPS) is 43.0. The highest BCUT2D eigenvalue weighted by Gasteiger charge is 2.26. The highest BCUT2D eigenvalue weighted by Crippen LogP contribution is 2.27. The first kappa shape index (κ1) is 4.57. The Morgan fingerprint density at radius 3 is 3.25 bits per heavy atom. The van der Waals surface area contributed by atoms with Gasteiger partial charge in [0, 0.05) is 6.54 Å². The molecule has 0 aromatic rings. The van der Waals surface area contributed by atoms with Crippen LogP contribution in [0.1, 0.15) is 6.42 Å². The lowest BCUT2D eigenvalue weighted by molar-refractivity contribution is 0.534. The molecule has 0 spiro atoms. The summed E-state index contributed by atoms with van der Waals surface area (Å²) in [5.41, 5.74) is 0. The van der Waals surface area contributed by atoms with Crippen LogP contribution in [0.5, 0.6) is 0 Å². The lowest BCUT2D eigenvalue weighted by Gasteiger charge is -2.02. The number of fused-ring (bicyclic) bond motifs is 1. The van der Waals surface area contributed by atoms with E-state index in [1.165, 1.54) is 19.5 Å². The highest BCUT2D eigenvalue weighted by molar-refractivity contribution is 5.05. The molecule has 0 bridgehead atoms. The summed E-state index contributed by atoms with van der Waals surface area (Å²) >= 11 is 0. The predicted octanol–water partition coefficient (Wildman–Crippen LogP) is 0.782. The van der Waals surface area contributed by atoms with Gasteiger partial charge in [0.05, 0.1) is 0 Å². The molecule has 0 aromatic carbocycles. The van der Waals surface area contributed by atoms with Gasteiger partial charge in [-0.2, -0.15) is 0 Å². The van der Waals surface area contributed by atoms with Gasteiger partial charge in [0.1, 0.15) is 0 Å². The molecule has 1 heterocycles. The topological polar surface area (TPSA) is 12.0 Å². The van der Waals surface area contributed by atoms with E-state index in [1.54, 1.807) is 0 Å². The second kappa shape index (κ2) is 1.59. The average molecular weight is 109 g/mol. The molecule has 2 aliphatic rings. The van der Waals surface area contributed by atoms with Crippen LogP contribution in [0, 0.1) is 11.8 Å². The van der Waals surface area contributed by atoms with Crippen LogP contribution < -0.4 is 5.32 Å². The first-order valence-corrected chi connectivity index (χ1v) is 3.34. The van der Waals surface area contributed by atoms with Gasteiger partial charge in [-0.25, -0.2) is 0 Å². The van der Waals surface area contributed by atoms with Crippen molar-refractivity contribution in [1.82, 2.24) is 5.32 Å². The quantitative estimate of drug-likeness (QED) is 0.453. The minimum atomic E-state index is 0.884. The third-order valence-electron chi connectivity index (χ3n) is 2.21. The molecule has 1 unspecified atom stereocenters. The number of hydrogen-bond acceptors (Lipinski definition) is 1. The van der Waals surface area contributed by atoms with Crippen molar-refractivity contribution >= 4 is 0 Å². The Hall–Kier alpha value is -0.300. The van der Waals surface area contributed by atoms with E-state index >= 15 is 0 Å². The Bertz CT molecular complexity index is 118. The van der Waals surface area contributed by atoms with Crippen molar-refractivity contribution in [3.8, 4) is 0 Å². The van der Waals surface area contributed by atoms with Gasteiger partial charge in [0.15, 0.2) is 0 Å². The van der Waals surface area contributed by atoms with Crippen LogP contribution in [0.2, 0.25) is 0 Å². The molecule has 0 radical (unpaired) electrons. The summed E-state index contributed by atoms with van der Waals surface area (Å²) in [5, 5.41) is 3.37. The van der Waals surface area contributed by atoms with Gasteiger partial charge in [-0.15, -0.1) is 0 Å². The first-order valence-electron chi connectivity index (χ1n) is 3.34. The SMILES string of the molecule is C1=CC2CNC[C@@H]2C1. The summed E-state index contributed by atoms with van der Waals surface area (Å²) in [6.45, 7) is 2.47. The molecule has 1 aliphatic heterocycles. The standard InChI is InChI=1S/C7H11N/c1-2-6-4-8-5-7(6)3-1/h1-2,6-8H,3-5H2/t6?,7-/m0/s1. The maximum absolute atomic E-state index is 3.37. The van der Waals surface area contributed by atoms with Gasteiger partial charge in [-0.3, -0.25) is 0 Å². The summed E-state index contributed by atoms with van der Waals surface area (Å²) in [6.07, 6.45) is 5.98. The summed E-state index contributed by atoms with van der Waals surface area (Å²) in [6, 6.07) is 0. The molecule has 0 saturated carbocycles. The Labute approximate surface area is 49.8 Å². The van der Waals surface area contributed by atoms with E-state index in [1.807, 2.05) is 0 Å². The van der Waals surface area contributed by atoms with Crippen LogP contribution in [0.3, 0.4) is 0 Å². The van der Waals surface area contributed by atoms with E-state index in [4.69, 9.17) is 0 Å². The minimum absolute atomic E-state index is 0.884. The Kier molecular flexibility index (Phi) is 0.908. The van der Waals surface area contributed by atoms with Crippen molar-refractivity contribution < 1.29 is 0 Å². The van der Waals surface area contributed by atoms with Crippen molar-refractivity contribution in [3.63, 3.8) is 0 Å². The summed E-state index contributed by atoms with van der Waals surface area (Å²) in [7, 11) is 0. The van der Waals surface area contributed by atoms with E-state index in [0.717, 1.165) is 11.8 Å². The lowest BCUT2D eigenvalue weighted by atomic mass is 10.0. The van der Waals surface area contributed by atoms with Crippen molar-refractivity contribution in [2.75, 3.05) is 13.1 Å². The van der Waals surface area contributed by atoms with Crippen LogP contribution in [-0.4, -0.2) is 13.1 Å². The second-order valence-electron chi connectivity index (χ2n) is 2.75.